The van der Waals surface area contributed by atoms with Crippen molar-refractivity contribution in [1.29, 1.82) is 0 Å². The second kappa shape index (κ2) is 7.47. The van der Waals surface area contributed by atoms with E-state index < -0.39 is 0 Å². The molecule has 0 radical (unpaired) electrons. The van der Waals surface area contributed by atoms with Crippen LogP contribution in [0, 0.1) is 0 Å². The Balaban J connectivity index is 1.68. The monoisotopic (exact) mass is 377 g/mol. The number of H-pyrrole nitrogens is 1. The Hall–Kier alpha value is -3.38. The van der Waals surface area contributed by atoms with Gasteiger partial charge in [-0.25, -0.2) is 4.68 Å². The summed E-state index contributed by atoms with van der Waals surface area (Å²) >= 11 is 6.00. The number of hydrogen-bond donors (Lipinski definition) is 2. The molecule has 134 valence electrons. The molecule has 0 fully saturated rings. The minimum absolute atomic E-state index is 0.151. The number of carbonyl (C=O) groups is 1. The molecule has 0 saturated heterocycles. The van der Waals surface area contributed by atoms with Crippen LogP contribution in [-0.4, -0.2) is 25.9 Å². The van der Waals surface area contributed by atoms with E-state index in [-0.39, 0.29) is 12.3 Å². The van der Waals surface area contributed by atoms with E-state index in [4.69, 9.17) is 16.7 Å². The first kappa shape index (κ1) is 17.1. The minimum Gasteiger partial charge on any atom is -0.311 e. The van der Waals surface area contributed by atoms with Crippen LogP contribution in [-0.2, 0) is 11.2 Å². The molecule has 6 nitrogen and oxygen atoms in total. The lowest BCUT2D eigenvalue weighted by atomic mass is 10.1. The van der Waals surface area contributed by atoms with Gasteiger partial charge in [-0.1, -0.05) is 41.9 Å². The van der Waals surface area contributed by atoms with E-state index in [1.54, 1.807) is 16.9 Å². The number of amides is 1. The average molecular weight is 378 g/mol. The number of rotatable bonds is 5. The molecule has 4 rings (SSSR count). The fourth-order valence-electron chi connectivity index (χ4n) is 2.80. The lowest BCUT2D eigenvalue weighted by Gasteiger charge is -2.04. The van der Waals surface area contributed by atoms with Crippen molar-refractivity contribution in [1.82, 2.24) is 20.0 Å². The zero-order chi connectivity index (χ0) is 18.6. The number of anilines is 1. The quantitative estimate of drug-likeness (QED) is 0.549. The molecule has 2 aromatic carbocycles. The van der Waals surface area contributed by atoms with Crippen LogP contribution in [0.1, 0.15) is 5.56 Å². The summed E-state index contributed by atoms with van der Waals surface area (Å²) < 4.78 is 1.78. The van der Waals surface area contributed by atoms with Gasteiger partial charge < -0.3 is 5.32 Å². The molecule has 0 bridgehead atoms. The molecule has 0 aliphatic rings. The van der Waals surface area contributed by atoms with Crippen molar-refractivity contribution in [3.63, 3.8) is 0 Å². The van der Waals surface area contributed by atoms with Gasteiger partial charge in [-0.15, -0.1) is 0 Å². The van der Waals surface area contributed by atoms with Crippen LogP contribution in [0.25, 0.3) is 16.9 Å². The van der Waals surface area contributed by atoms with E-state index in [0.29, 0.717) is 10.8 Å². The van der Waals surface area contributed by atoms with Crippen molar-refractivity contribution >= 4 is 23.3 Å². The van der Waals surface area contributed by atoms with Crippen molar-refractivity contribution in [2.45, 2.75) is 6.42 Å². The summed E-state index contributed by atoms with van der Waals surface area (Å²) in [5.74, 6) is 0.408. The topological polar surface area (TPSA) is 75.6 Å². The Morgan fingerprint density at radius 2 is 1.85 bits per heavy atom. The molecule has 0 saturated carbocycles. The molecule has 1 amide bonds. The van der Waals surface area contributed by atoms with Gasteiger partial charge in [-0.3, -0.25) is 9.89 Å². The molecule has 0 aliphatic carbocycles. The lowest BCUT2D eigenvalue weighted by molar-refractivity contribution is -0.115. The number of carbonyl (C=O) groups excluding carboxylic acids is 1. The van der Waals surface area contributed by atoms with Crippen LogP contribution in [0.5, 0.6) is 0 Å². The van der Waals surface area contributed by atoms with Gasteiger partial charge in [-0.05, 0) is 24.3 Å². The smallest absolute Gasteiger partial charge is 0.230 e. The molecule has 27 heavy (non-hydrogen) atoms. The van der Waals surface area contributed by atoms with E-state index in [1.165, 1.54) is 0 Å². The molecule has 2 aromatic heterocycles. The normalized spacial score (nSPS) is 10.7. The van der Waals surface area contributed by atoms with Gasteiger partial charge in [0.15, 0.2) is 0 Å². The number of hydrogen-bond acceptors (Lipinski definition) is 3. The van der Waals surface area contributed by atoms with Gasteiger partial charge >= 0.3 is 0 Å². The molecular formula is C20H16ClN5O. The van der Waals surface area contributed by atoms with Crippen molar-refractivity contribution < 1.29 is 4.79 Å². The largest absolute Gasteiger partial charge is 0.311 e. The van der Waals surface area contributed by atoms with Gasteiger partial charge in [0, 0.05) is 28.4 Å². The third-order valence-corrected chi connectivity index (χ3v) is 4.31. The van der Waals surface area contributed by atoms with E-state index in [9.17, 15) is 4.79 Å². The molecular weight excluding hydrogens is 362 g/mol. The molecule has 2 N–H and O–H groups in total. The number of para-hydroxylation sites is 1. The highest BCUT2D eigenvalue weighted by molar-refractivity contribution is 6.30. The highest BCUT2D eigenvalue weighted by Gasteiger charge is 2.16. The summed E-state index contributed by atoms with van der Waals surface area (Å²) in [6, 6.07) is 18.9. The van der Waals surface area contributed by atoms with E-state index in [2.05, 4.69) is 15.5 Å². The van der Waals surface area contributed by atoms with Gasteiger partial charge in [-0.2, -0.15) is 10.2 Å². The van der Waals surface area contributed by atoms with Crippen molar-refractivity contribution in [2.75, 3.05) is 5.32 Å². The average Bonchev–Trinajstić information content (AvgIpc) is 3.33. The van der Waals surface area contributed by atoms with Crippen molar-refractivity contribution in [3.8, 4) is 16.9 Å². The Kier molecular flexibility index (Phi) is 4.72. The fourth-order valence-corrected chi connectivity index (χ4v) is 2.92. The zero-order valence-corrected chi connectivity index (χ0v) is 15.0. The van der Waals surface area contributed by atoms with Crippen LogP contribution in [0.15, 0.2) is 73.1 Å². The maximum Gasteiger partial charge on any atom is 0.230 e. The molecule has 0 spiro atoms. The van der Waals surface area contributed by atoms with E-state index in [1.807, 2.05) is 60.8 Å². The van der Waals surface area contributed by atoms with Gasteiger partial charge in [0.05, 0.1) is 24.0 Å². The summed E-state index contributed by atoms with van der Waals surface area (Å²) in [6.07, 6.45) is 3.65. The lowest BCUT2D eigenvalue weighted by Crippen LogP contribution is -2.14. The molecule has 0 unspecified atom stereocenters. The first-order valence-electron chi connectivity index (χ1n) is 8.38. The molecule has 4 aromatic rings. The highest BCUT2D eigenvalue weighted by Crippen LogP contribution is 2.26. The SMILES string of the molecule is O=C(Cc1cn(-c2ccccc2)nc1-c1ccc(Cl)cc1)Nc1ccn[nH]1. The zero-order valence-electron chi connectivity index (χ0n) is 14.3. The Bertz CT molecular complexity index is 1040. The maximum absolute atomic E-state index is 12.4. The molecule has 7 heteroatoms. The third-order valence-electron chi connectivity index (χ3n) is 4.05. The van der Waals surface area contributed by atoms with Crippen molar-refractivity contribution in [2.24, 2.45) is 0 Å². The predicted molar refractivity (Wildman–Crippen MR) is 105 cm³/mol. The summed E-state index contributed by atoms with van der Waals surface area (Å²) in [4.78, 5) is 12.4. The molecule has 0 aliphatic heterocycles. The van der Waals surface area contributed by atoms with Gasteiger partial charge in [0.2, 0.25) is 5.91 Å². The van der Waals surface area contributed by atoms with Crippen LogP contribution in [0.2, 0.25) is 5.02 Å². The van der Waals surface area contributed by atoms with Crippen LogP contribution >= 0.6 is 11.6 Å². The third kappa shape index (κ3) is 3.91. The number of benzene rings is 2. The number of nitrogens with zero attached hydrogens (tertiary/aromatic N) is 3. The second-order valence-corrected chi connectivity index (χ2v) is 6.42. The maximum atomic E-state index is 12.4. The molecule has 2 heterocycles. The predicted octanol–water partition coefficient (Wildman–Crippen LogP) is 4.10. The highest BCUT2D eigenvalue weighted by atomic mass is 35.5. The van der Waals surface area contributed by atoms with E-state index >= 15 is 0 Å². The summed E-state index contributed by atoms with van der Waals surface area (Å²) in [6.45, 7) is 0. The van der Waals surface area contributed by atoms with Crippen LogP contribution < -0.4 is 5.32 Å². The number of halogens is 1. The standard InChI is InChI=1S/C20H16ClN5O/c21-16-8-6-14(7-9-16)20-15(12-19(27)23-18-10-11-22-24-18)13-26(25-20)17-4-2-1-3-5-17/h1-11,13H,12H2,(H2,22,23,24,27). The number of nitrogens with one attached hydrogen (secondary N) is 2. The van der Waals surface area contributed by atoms with Crippen molar-refractivity contribution in [3.05, 3.63) is 83.6 Å². The van der Waals surface area contributed by atoms with Gasteiger partial charge in [0.25, 0.3) is 0 Å². The minimum atomic E-state index is -0.151. The number of aromatic nitrogens is 4. The first-order chi connectivity index (χ1) is 13.2. The number of aromatic amines is 1. The fraction of sp³-hybridized carbons (Fsp3) is 0.0500. The van der Waals surface area contributed by atoms with Crippen LogP contribution in [0.3, 0.4) is 0 Å². The Labute approximate surface area is 160 Å². The summed E-state index contributed by atoms with van der Waals surface area (Å²) in [5, 5.41) is 14.7. The first-order valence-corrected chi connectivity index (χ1v) is 8.76. The molecule has 0 atom stereocenters. The Morgan fingerprint density at radius 1 is 1.07 bits per heavy atom. The van der Waals surface area contributed by atoms with Crippen LogP contribution in [0.4, 0.5) is 5.82 Å². The summed E-state index contributed by atoms with van der Waals surface area (Å²) in [5.41, 5.74) is 3.39. The summed E-state index contributed by atoms with van der Waals surface area (Å²) in [7, 11) is 0. The second-order valence-electron chi connectivity index (χ2n) is 5.99. The van der Waals surface area contributed by atoms with Gasteiger partial charge in [0.1, 0.15) is 5.82 Å². The Morgan fingerprint density at radius 3 is 2.56 bits per heavy atom. The van der Waals surface area contributed by atoms with E-state index in [0.717, 1.165) is 22.5 Å².